The van der Waals surface area contributed by atoms with E-state index >= 15 is 0 Å². The van der Waals surface area contributed by atoms with Gasteiger partial charge in [0.1, 0.15) is 0 Å². The Labute approximate surface area is 118 Å². The minimum Gasteiger partial charge on any atom is -0.396 e. The van der Waals surface area contributed by atoms with E-state index in [1.54, 1.807) is 0 Å². The Morgan fingerprint density at radius 1 is 1.17 bits per heavy atom. The maximum Gasteiger partial charge on any atom is 0.0459 e. The molecule has 1 aromatic carbocycles. The number of rotatable bonds is 4. The van der Waals surface area contributed by atoms with E-state index in [4.69, 9.17) is 5.73 Å². The zero-order chi connectivity index (χ0) is 13.0. The molecule has 1 atom stereocenters. The van der Waals surface area contributed by atoms with E-state index in [0.717, 1.165) is 23.9 Å². The second kappa shape index (κ2) is 6.69. The van der Waals surface area contributed by atoms with Gasteiger partial charge in [0.25, 0.3) is 0 Å². The van der Waals surface area contributed by atoms with Gasteiger partial charge < -0.3 is 10.8 Å². The first-order valence-electron chi connectivity index (χ1n) is 6.81. The summed E-state index contributed by atoms with van der Waals surface area (Å²) in [5.74, 6) is 1.67. The lowest BCUT2D eigenvalue weighted by molar-refractivity contribution is 0.158. The van der Waals surface area contributed by atoms with Gasteiger partial charge in [-0.1, -0.05) is 28.1 Å². The van der Waals surface area contributed by atoms with Crippen LogP contribution in [-0.2, 0) is 0 Å². The van der Waals surface area contributed by atoms with Crippen LogP contribution in [0.3, 0.4) is 0 Å². The molecule has 0 amide bonds. The van der Waals surface area contributed by atoms with Crippen LogP contribution in [0.15, 0.2) is 28.7 Å². The lowest BCUT2D eigenvalue weighted by Crippen LogP contribution is -2.26. The van der Waals surface area contributed by atoms with Crippen molar-refractivity contribution in [1.82, 2.24) is 0 Å². The molecule has 3 N–H and O–H groups in total. The van der Waals surface area contributed by atoms with Crippen LogP contribution in [0.2, 0.25) is 0 Å². The highest BCUT2D eigenvalue weighted by atomic mass is 79.9. The molecule has 18 heavy (non-hydrogen) atoms. The molecule has 1 unspecified atom stereocenters. The molecule has 1 aliphatic rings. The summed E-state index contributed by atoms with van der Waals surface area (Å²) in [5, 5.41) is 9.19. The minimum atomic E-state index is 0.346. The van der Waals surface area contributed by atoms with Crippen molar-refractivity contribution in [3.63, 3.8) is 0 Å². The zero-order valence-electron chi connectivity index (χ0n) is 10.7. The summed E-state index contributed by atoms with van der Waals surface area (Å²) < 4.78 is 1.12. The van der Waals surface area contributed by atoms with Crippen molar-refractivity contribution in [1.29, 1.82) is 0 Å². The molecule has 3 heteroatoms. The Hall–Kier alpha value is -0.380. The van der Waals surface area contributed by atoms with Gasteiger partial charge in [0.2, 0.25) is 0 Å². The van der Waals surface area contributed by atoms with Crippen LogP contribution in [0.5, 0.6) is 0 Å². The minimum absolute atomic E-state index is 0.346. The van der Waals surface area contributed by atoms with E-state index in [2.05, 4.69) is 40.2 Å². The number of benzene rings is 1. The predicted octanol–water partition coefficient (Wildman–Crippen LogP) is 3.29. The molecule has 0 bridgehead atoms. The zero-order valence-corrected chi connectivity index (χ0v) is 12.3. The lowest BCUT2D eigenvalue weighted by Gasteiger charge is -2.33. The quantitative estimate of drug-likeness (QED) is 0.896. The van der Waals surface area contributed by atoms with Crippen LogP contribution in [-0.4, -0.2) is 18.3 Å². The fraction of sp³-hybridized carbons (Fsp3) is 0.600. The normalized spacial score (nSPS) is 25.9. The average Bonchev–Trinajstić information content (AvgIpc) is 2.42. The number of aliphatic hydroxyl groups excluding tert-OH is 1. The Bertz CT molecular complexity index is 357. The third kappa shape index (κ3) is 3.34. The fourth-order valence-electron chi connectivity index (χ4n) is 3.08. The van der Waals surface area contributed by atoms with E-state index in [1.807, 2.05) is 0 Å². The van der Waals surface area contributed by atoms with Gasteiger partial charge in [-0.25, -0.2) is 0 Å². The van der Waals surface area contributed by atoms with Gasteiger partial charge in [-0.2, -0.15) is 0 Å². The molecule has 0 saturated heterocycles. The second-order valence-corrected chi connectivity index (χ2v) is 6.27. The molecule has 1 aliphatic carbocycles. The van der Waals surface area contributed by atoms with Gasteiger partial charge >= 0.3 is 0 Å². The standard InChI is InChI=1S/C15H22BrNO/c16-14-7-5-13(6-8-14)15(9-17)12-3-1-11(10-18)2-4-12/h5-8,11-12,15,18H,1-4,9-10,17H2. The van der Waals surface area contributed by atoms with Gasteiger partial charge in [-0.15, -0.1) is 0 Å². The van der Waals surface area contributed by atoms with E-state index in [-0.39, 0.29) is 0 Å². The van der Waals surface area contributed by atoms with Gasteiger partial charge in [-0.3, -0.25) is 0 Å². The van der Waals surface area contributed by atoms with Gasteiger partial charge in [-0.05, 0) is 67.7 Å². The molecule has 0 radical (unpaired) electrons. The van der Waals surface area contributed by atoms with Crippen molar-refractivity contribution < 1.29 is 5.11 Å². The highest BCUT2D eigenvalue weighted by molar-refractivity contribution is 9.10. The van der Waals surface area contributed by atoms with Crippen molar-refractivity contribution in [3.05, 3.63) is 34.3 Å². The number of hydrogen-bond acceptors (Lipinski definition) is 2. The summed E-state index contributed by atoms with van der Waals surface area (Å²) in [6.07, 6.45) is 4.69. The summed E-state index contributed by atoms with van der Waals surface area (Å²) >= 11 is 3.47. The van der Waals surface area contributed by atoms with Crippen molar-refractivity contribution in [2.75, 3.05) is 13.2 Å². The maximum absolute atomic E-state index is 9.19. The summed E-state index contributed by atoms with van der Waals surface area (Å²) in [6, 6.07) is 8.55. The molecule has 1 saturated carbocycles. The molecule has 1 aromatic rings. The smallest absolute Gasteiger partial charge is 0.0459 e. The van der Waals surface area contributed by atoms with Crippen LogP contribution in [0.25, 0.3) is 0 Å². The lowest BCUT2D eigenvalue weighted by atomic mass is 9.74. The van der Waals surface area contributed by atoms with Crippen LogP contribution in [0, 0.1) is 11.8 Å². The third-order valence-corrected chi connectivity index (χ3v) is 4.80. The molecule has 0 aromatic heterocycles. The molecular weight excluding hydrogens is 290 g/mol. The molecule has 0 aliphatic heterocycles. The monoisotopic (exact) mass is 311 g/mol. The second-order valence-electron chi connectivity index (χ2n) is 5.36. The summed E-state index contributed by atoms with van der Waals surface area (Å²) in [5.41, 5.74) is 7.33. The van der Waals surface area contributed by atoms with Crippen molar-refractivity contribution in [2.45, 2.75) is 31.6 Å². The van der Waals surface area contributed by atoms with Crippen LogP contribution >= 0.6 is 15.9 Å². The molecule has 100 valence electrons. The first kappa shape index (κ1) is 14.0. The first-order valence-corrected chi connectivity index (χ1v) is 7.60. The molecule has 2 nitrogen and oxygen atoms in total. The van der Waals surface area contributed by atoms with Gasteiger partial charge in [0, 0.05) is 11.1 Å². The van der Waals surface area contributed by atoms with Gasteiger partial charge in [0.15, 0.2) is 0 Å². The number of hydrogen-bond donors (Lipinski definition) is 2. The molecule has 1 fully saturated rings. The average molecular weight is 312 g/mol. The maximum atomic E-state index is 9.19. The summed E-state index contributed by atoms with van der Waals surface area (Å²) in [4.78, 5) is 0. The third-order valence-electron chi connectivity index (χ3n) is 4.27. The van der Waals surface area contributed by atoms with Crippen LogP contribution in [0.1, 0.15) is 37.2 Å². The van der Waals surface area contributed by atoms with Crippen LogP contribution < -0.4 is 5.73 Å². The van der Waals surface area contributed by atoms with Crippen molar-refractivity contribution >= 4 is 15.9 Å². The predicted molar refractivity (Wildman–Crippen MR) is 78.5 cm³/mol. The Morgan fingerprint density at radius 3 is 2.28 bits per heavy atom. The highest BCUT2D eigenvalue weighted by Gasteiger charge is 2.27. The largest absolute Gasteiger partial charge is 0.396 e. The van der Waals surface area contributed by atoms with E-state index in [0.29, 0.717) is 24.4 Å². The SMILES string of the molecule is NCC(c1ccc(Br)cc1)C1CCC(CO)CC1. The summed E-state index contributed by atoms with van der Waals surface area (Å²) in [6.45, 7) is 1.06. The molecule has 2 rings (SSSR count). The number of aliphatic hydroxyl groups is 1. The number of halogens is 1. The Kier molecular flexibility index (Phi) is 5.22. The number of nitrogens with two attached hydrogens (primary N) is 1. The Morgan fingerprint density at radius 2 is 1.78 bits per heavy atom. The summed E-state index contributed by atoms with van der Waals surface area (Å²) in [7, 11) is 0. The Balaban J connectivity index is 2.03. The van der Waals surface area contributed by atoms with Crippen LogP contribution in [0.4, 0.5) is 0 Å². The topological polar surface area (TPSA) is 46.2 Å². The van der Waals surface area contributed by atoms with Crippen molar-refractivity contribution in [2.24, 2.45) is 17.6 Å². The van der Waals surface area contributed by atoms with Crippen molar-refractivity contribution in [3.8, 4) is 0 Å². The molecule has 0 spiro atoms. The first-order chi connectivity index (χ1) is 8.74. The highest BCUT2D eigenvalue weighted by Crippen LogP contribution is 2.37. The van der Waals surface area contributed by atoms with Gasteiger partial charge in [0.05, 0.1) is 0 Å². The van der Waals surface area contributed by atoms with E-state index < -0.39 is 0 Å². The molecule has 0 heterocycles. The van der Waals surface area contributed by atoms with E-state index in [9.17, 15) is 5.11 Å². The van der Waals surface area contributed by atoms with E-state index in [1.165, 1.54) is 18.4 Å². The molecular formula is C15H22BrNO. The fourth-order valence-corrected chi connectivity index (χ4v) is 3.35.